The average Bonchev–Trinajstić information content (AvgIpc) is 2.44. The first-order chi connectivity index (χ1) is 9.47. The fourth-order valence-corrected chi connectivity index (χ4v) is 3.78. The number of carboxylic acid groups (broad SMARTS) is 1. The van der Waals surface area contributed by atoms with Crippen molar-refractivity contribution in [2.45, 2.75) is 70.1 Å². The Kier molecular flexibility index (Phi) is 6.86. The zero-order valence-corrected chi connectivity index (χ0v) is 13.6. The third-order valence-electron chi connectivity index (χ3n) is 4.63. The van der Waals surface area contributed by atoms with E-state index in [0.717, 1.165) is 19.3 Å². The van der Waals surface area contributed by atoms with E-state index in [2.05, 4.69) is 11.6 Å². The Labute approximate surface area is 126 Å². The molecule has 20 heavy (non-hydrogen) atoms. The van der Waals surface area contributed by atoms with E-state index in [-0.39, 0.29) is 18.4 Å². The van der Waals surface area contributed by atoms with Gasteiger partial charge in [-0.05, 0) is 38.4 Å². The molecule has 2 N–H and O–H groups in total. The molecule has 0 aromatic rings. The summed E-state index contributed by atoms with van der Waals surface area (Å²) in [5.74, 6) is -0.967. The third kappa shape index (κ3) is 4.40. The van der Waals surface area contributed by atoms with E-state index in [4.69, 9.17) is 0 Å². The molecule has 1 fully saturated rings. The van der Waals surface area contributed by atoms with Crippen molar-refractivity contribution in [3.05, 3.63) is 0 Å². The second kappa shape index (κ2) is 7.91. The number of nitrogens with one attached hydrogen (secondary N) is 1. The van der Waals surface area contributed by atoms with Crippen molar-refractivity contribution in [1.82, 2.24) is 5.32 Å². The van der Waals surface area contributed by atoms with Crippen LogP contribution in [0, 0.1) is 5.41 Å². The van der Waals surface area contributed by atoms with Gasteiger partial charge in [-0.15, -0.1) is 0 Å². The lowest BCUT2D eigenvalue weighted by Crippen LogP contribution is -2.43. The lowest BCUT2D eigenvalue weighted by Gasteiger charge is -2.31. The molecule has 0 saturated heterocycles. The van der Waals surface area contributed by atoms with Crippen LogP contribution in [0.5, 0.6) is 0 Å². The molecule has 2 atom stereocenters. The molecule has 4 nitrogen and oxygen atoms in total. The van der Waals surface area contributed by atoms with Crippen molar-refractivity contribution in [2.75, 3.05) is 6.26 Å². The molecule has 2 unspecified atom stereocenters. The fourth-order valence-electron chi connectivity index (χ4n) is 2.95. The standard InChI is InChI=1S/C15H27NO3S/c1-4-15(5-2,14(18)19)10-13(17)16-11-7-6-8-12(9-11)20-3/h11-12H,4-10H2,1-3H3,(H,16,17)(H,18,19). The highest BCUT2D eigenvalue weighted by Gasteiger charge is 2.37. The molecule has 1 saturated carbocycles. The number of thioether (sulfide) groups is 1. The SMILES string of the molecule is CCC(CC)(CC(=O)NC1CCCC(SC)C1)C(=O)O. The maximum Gasteiger partial charge on any atom is 0.310 e. The van der Waals surface area contributed by atoms with Gasteiger partial charge in [0.25, 0.3) is 0 Å². The summed E-state index contributed by atoms with van der Waals surface area (Å²) < 4.78 is 0. The highest BCUT2D eigenvalue weighted by Crippen LogP contribution is 2.32. The van der Waals surface area contributed by atoms with E-state index in [1.54, 1.807) is 0 Å². The van der Waals surface area contributed by atoms with Gasteiger partial charge in [-0.1, -0.05) is 20.3 Å². The number of hydrogen-bond donors (Lipinski definition) is 2. The van der Waals surface area contributed by atoms with Crippen molar-refractivity contribution in [2.24, 2.45) is 5.41 Å². The van der Waals surface area contributed by atoms with Gasteiger partial charge in [-0.2, -0.15) is 11.8 Å². The quantitative estimate of drug-likeness (QED) is 0.758. The monoisotopic (exact) mass is 301 g/mol. The Morgan fingerprint density at radius 2 is 1.95 bits per heavy atom. The molecule has 1 aliphatic carbocycles. The largest absolute Gasteiger partial charge is 0.481 e. The minimum Gasteiger partial charge on any atom is -0.481 e. The minimum absolute atomic E-state index is 0.0930. The second-order valence-corrected chi connectivity index (χ2v) is 6.90. The molecule has 0 aromatic heterocycles. The number of aliphatic carboxylic acids is 1. The lowest BCUT2D eigenvalue weighted by atomic mass is 9.79. The normalized spacial score (nSPS) is 23.4. The minimum atomic E-state index is -0.905. The van der Waals surface area contributed by atoms with Gasteiger partial charge in [0, 0.05) is 17.7 Å². The second-order valence-electron chi connectivity index (χ2n) is 5.76. The van der Waals surface area contributed by atoms with Gasteiger partial charge >= 0.3 is 5.97 Å². The van der Waals surface area contributed by atoms with Crippen LogP contribution in [0.15, 0.2) is 0 Å². The van der Waals surface area contributed by atoms with E-state index in [1.807, 2.05) is 25.6 Å². The summed E-state index contributed by atoms with van der Waals surface area (Å²) in [6.45, 7) is 3.69. The van der Waals surface area contributed by atoms with Crippen LogP contribution >= 0.6 is 11.8 Å². The highest BCUT2D eigenvalue weighted by atomic mass is 32.2. The summed E-state index contributed by atoms with van der Waals surface area (Å²) in [7, 11) is 0. The smallest absolute Gasteiger partial charge is 0.310 e. The van der Waals surface area contributed by atoms with Crippen molar-refractivity contribution in [3.8, 4) is 0 Å². The Hall–Kier alpha value is -0.710. The molecule has 0 radical (unpaired) electrons. The molecule has 116 valence electrons. The molecule has 5 heteroatoms. The first-order valence-electron chi connectivity index (χ1n) is 7.53. The van der Waals surface area contributed by atoms with Gasteiger partial charge in [-0.3, -0.25) is 9.59 Å². The first kappa shape index (κ1) is 17.3. The van der Waals surface area contributed by atoms with Crippen LogP contribution in [0.4, 0.5) is 0 Å². The molecule has 0 heterocycles. The number of carbonyl (C=O) groups excluding carboxylic acids is 1. The van der Waals surface area contributed by atoms with E-state index < -0.39 is 11.4 Å². The van der Waals surface area contributed by atoms with Gasteiger partial charge in [0.2, 0.25) is 5.91 Å². The van der Waals surface area contributed by atoms with Crippen LogP contribution in [-0.2, 0) is 9.59 Å². The molecule has 1 aliphatic rings. The van der Waals surface area contributed by atoms with Crippen LogP contribution in [0.3, 0.4) is 0 Å². The topological polar surface area (TPSA) is 66.4 Å². The molecular formula is C15H27NO3S. The van der Waals surface area contributed by atoms with Gasteiger partial charge < -0.3 is 10.4 Å². The highest BCUT2D eigenvalue weighted by molar-refractivity contribution is 7.99. The number of hydrogen-bond acceptors (Lipinski definition) is 3. The van der Waals surface area contributed by atoms with Crippen LogP contribution in [-0.4, -0.2) is 34.5 Å². The summed E-state index contributed by atoms with van der Waals surface area (Å²) in [5.41, 5.74) is -0.905. The molecule has 0 spiro atoms. The van der Waals surface area contributed by atoms with Crippen LogP contribution in [0.1, 0.15) is 58.8 Å². The molecule has 1 amide bonds. The summed E-state index contributed by atoms with van der Waals surface area (Å²) in [6, 6.07) is 0.217. The summed E-state index contributed by atoms with van der Waals surface area (Å²) in [5, 5.41) is 13.0. The Bertz CT molecular complexity index is 342. The van der Waals surface area contributed by atoms with Gasteiger partial charge in [-0.25, -0.2) is 0 Å². The molecule has 1 rings (SSSR count). The van der Waals surface area contributed by atoms with Gasteiger partial charge in [0.1, 0.15) is 0 Å². The Morgan fingerprint density at radius 3 is 2.45 bits per heavy atom. The van der Waals surface area contributed by atoms with Crippen LogP contribution in [0.25, 0.3) is 0 Å². The van der Waals surface area contributed by atoms with E-state index in [9.17, 15) is 14.7 Å². The van der Waals surface area contributed by atoms with Gasteiger partial charge in [0.05, 0.1) is 5.41 Å². The maximum atomic E-state index is 12.2. The van der Waals surface area contributed by atoms with Crippen molar-refractivity contribution in [3.63, 3.8) is 0 Å². The van der Waals surface area contributed by atoms with Crippen molar-refractivity contribution < 1.29 is 14.7 Å². The molecule has 0 aliphatic heterocycles. The van der Waals surface area contributed by atoms with Gasteiger partial charge in [0.15, 0.2) is 0 Å². The zero-order chi connectivity index (χ0) is 15.2. The van der Waals surface area contributed by atoms with Crippen molar-refractivity contribution in [1.29, 1.82) is 0 Å². The van der Waals surface area contributed by atoms with Crippen molar-refractivity contribution >= 4 is 23.6 Å². The molecule has 0 aromatic carbocycles. The first-order valence-corrected chi connectivity index (χ1v) is 8.81. The Balaban J connectivity index is 2.55. The fraction of sp³-hybridized carbons (Fsp3) is 0.867. The zero-order valence-electron chi connectivity index (χ0n) is 12.8. The maximum absolute atomic E-state index is 12.2. The third-order valence-corrected chi connectivity index (χ3v) is 5.73. The van der Waals surface area contributed by atoms with E-state index >= 15 is 0 Å². The number of amides is 1. The van der Waals surface area contributed by atoms with Crippen LogP contribution in [0.2, 0.25) is 0 Å². The van der Waals surface area contributed by atoms with Crippen LogP contribution < -0.4 is 5.32 Å². The number of carboxylic acids is 1. The van der Waals surface area contributed by atoms with E-state index in [0.29, 0.717) is 18.1 Å². The summed E-state index contributed by atoms with van der Waals surface area (Å²) in [6.07, 6.45) is 7.56. The Morgan fingerprint density at radius 1 is 1.30 bits per heavy atom. The lowest BCUT2D eigenvalue weighted by molar-refractivity contribution is -0.152. The summed E-state index contributed by atoms with van der Waals surface area (Å²) >= 11 is 1.86. The predicted molar refractivity (Wildman–Crippen MR) is 83.0 cm³/mol. The number of rotatable bonds is 7. The van der Waals surface area contributed by atoms with E-state index in [1.165, 1.54) is 6.42 Å². The molecular weight excluding hydrogens is 274 g/mol. The summed E-state index contributed by atoms with van der Waals surface area (Å²) in [4.78, 5) is 23.6. The predicted octanol–water partition coefficient (Wildman–Crippen LogP) is 3.06. The molecule has 0 bridgehead atoms. The average molecular weight is 301 g/mol. The number of carbonyl (C=O) groups is 2.